The van der Waals surface area contributed by atoms with Crippen LogP contribution in [0.1, 0.15) is 49.9 Å². The fourth-order valence-electron chi connectivity index (χ4n) is 4.58. The number of rotatable bonds is 8. The minimum absolute atomic E-state index is 0.479. The van der Waals surface area contributed by atoms with Crippen LogP contribution in [0.4, 0.5) is 5.82 Å². The van der Waals surface area contributed by atoms with Gasteiger partial charge >= 0.3 is 0 Å². The molecule has 0 amide bonds. The lowest BCUT2D eigenvalue weighted by Crippen LogP contribution is -2.38. The summed E-state index contributed by atoms with van der Waals surface area (Å²) in [4.78, 5) is 17.6. The van der Waals surface area contributed by atoms with E-state index in [4.69, 9.17) is 14.7 Å². The Bertz CT molecular complexity index is 813. The van der Waals surface area contributed by atoms with Crippen molar-refractivity contribution >= 4 is 27.4 Å². The second-order valence-electron chi connectivity index (χ2n) is 8.22. The lowest BCUT2D eigenvalue weighted by molar-refractivity contribution is 0.0331. The number of thiophene rings is 1. The number of nitrogens with one attached hydrogen (secondary N) is 1. The first-order valence-electron chi connectivity index (χ1n) is 11.3. The molecule has 1 fully saturated rings. The quantitative estimate of drug-likeness (QED) is 0.709. The van der Waals surface area contributed by atoms with Crippen LogP contribution in [0.25, 0.3) is 10.2 Å². The average Bonchev–Trinajstić information content (AvgIpc) is 3.12. The zero-order valence-corrected chi connectivity index (χ0v) is 19.0. The maximum Gasteiger partial charge on any atom is 0.146 e. The van der Waals surface area contributed by atoms with Crippen molar-refractivity contribution < 1.29 is 4.74 Å². The third-order valence-corrected chi connectivity index (χ3v) is 7.52. The summed E-state index contributed by atoms with van der Waals surface area (Å²) < 4.78 is 5.50. The Hall–Kier alpha value is -1.28. The molecule has 1 saturated heterocycles. The van der Waals surface area contributed by atoms with Gasteiger partial charge in [-0.25, -0.2) is 9.97 Å². The van der Waals surface area contributed by atoms with Crippen LogP contribution in [-0.4, -0.2) is 71.7 Å². The Labute approximate surface area is 178 Å². The van der Waals surface area contributed by atoms with Crippen LogP contribution in [0.3, 0.4) is 0 Å². The molecule has 6 nitrogen and oxygen atoms in total. The van der Waals surface area contributed by atoms with Crippen molar-refractivity contribution in [2.45, 2.75) is 59.0 Å². The van der Waals surface area contributed by atoms with E-state index in [1.54, 1.807) is 0 Å². The molecule has 0 radical (unpaired) electrons. The summed E-state index contributed by atoms with van der Waals surface area (Å²) >= 11 is 1.89. The van der Waals surface area contributed by atoms with E-state index in [2.05, 4.69) is 35.9 Å². The number of aromatic nitrogens is 2. The molecule has 0 aromatic carbocycles. The van der Waals surface area contributed by atoms with Crippen LogP contribution in [0.2, 0.25) is 0 Å². The normalized spacial score (nSPS) is 18.9. The standard InChI is InChI=1S/C22H35N5OS/c1-4-27(5-2)16(3)14-23-21-20-17-8-6-7-9-18(17)29-22(20)25-19(24-21)15-26-10-12-28-13-11-26/h16H,4-15H2,1-3H3,(H,23,24,25). The van der Waals surface area contributed by atoms with Crippen molar-refractivity contribution in [3.05, 3.63) is 16.3 Å². The second kappa shape index (κ2) is 9.69. The fourth-order valence-corrected chi connectivity index (χ4v) is 5.86. The zero-order chi connectivity index (χ0) is 20.2. The van der Waals surface area contributed by atoms with Gasteiger partial charge in [0.15, 0.2) is 0 Å². The van der Waals surface area contributed by atoms with Crippen LogP contribution in [-0.2, 0) is 24.1 Å². The van der Waals surface area contributed by atoms with Gasteiger partial charge in [-0.3, -0.25) is 9.80 Å². The maximum atomic E-state index is 5.50. The van der Waals surface area contributed by atoms with Gasteiger partial charge < -0.3 is 10.1 Å². The Morgan fingerprint density at radius 3 is 2.66 bits per heavy atom. The molecule has 2 aromatic heterocycles. The summed E-state index contributed by atoms with van der Waals surface area (Å²) in [5, 5.41) is 5.01. The minimum Gasteiger partial charge on any atom is -0.379 e. The Morgan fingerprint density at radius 2 is 1.90 bits per heavy atom. The molecule has 29 heavy (non-hydrogen) atoms. The molecule has 4 rings (SSSR count). The predicted molar refractivity (Wildman–Crippen MR) is 121 cm³/mol. The Morgan fingerprint density at radius 1 is 1.14 bits per heavy atom. The van der Waals surface area contributed by atoms with Gasteiger partial charge in [-0.2, -0.15) is 0 Å². The van der Waals surface area contributed by atoms with E-state index in [0.717, 1.165) is 64.1 Å². The highest BCUT2D eigenvalue weighted by Gasteiger charge is 2.22. The third-order valence-electron chi connectivity index (χ3n) is 6.33. The first kappa shape index (κ1) is 21.0. The van der Waals surface area contributed by atoms with E-state index in [-0.39, 0.29) is 0 Å². The lowest BCUT2D eigenvalue weighted by Gasteiger charge is -2.27. The molecular weight excluding hydrogens is 382 g/mol. The summed E-state index contributed by atoms with van der Waals surface area (Å²) in [7, 11) is 0. The van der Waals surface area contributed by atoms with Gasteiger partial charge in [0, 0.05) is 30.6 Å². The molecule has 1 unspecified atom stereocenters. The van der Waals surface area contributed by atoms with Gasteiger partial charge in [-0.05, 0) is 51.3 Å². The first-order chi connectivity index (χ1) is 14.2. The van der Waals surface area contributed by atoms with Crippen molar-refractivity contribution in [2.24, 2.45) is 0 Å². The van der Waals surface area contributed by atoms with E-state index in [1.807, 2.05) is 11.3 Å². The van der Waals surface area contributed by atoms with Gasteiger partial charge in [-0.1, -0.05) is 13.8 Å². The highest BCUT2D eigenvalue weighted by Crippen LogP contribution is 2.38. The summed E-state index contributed by atoms with van der Waals surface area (Å²) in [6, 6.07) is 0.479. The molecule has 0 spiro atoms. The van der Waals surface area contributed by atoms with Gasteiger partial charge in [0.05, 0.1) is 25.1 Å². The molecule has 160 valence electrons. The third kappa shape index (κ3) is 4.74. The Balaban J connectivity index is 1.62. The second-order valence-corrected chi connectivity index (χ2v) is 9.30. The summed E-state index contributed by atoms with van der Waals surface area (Å²) in [5.41, 5.74) is 1.51. The topological polar surface area (TPSA) is 53.5 Å². The van der Waals surface area contributed by atoms with Gasteiger partial charge in [-0.15, -0.1) is 11.3 Å². The van der Waals surface area contributed by atoms with Crippen LogP contribution >= 0.6 is 11.3 Å². The van der Waals surface area contributed by atoms with E-state index >= 15 is 0 Å². The highest BCUT2D eigenvalue weighted by molar-refractivity contribution is 7.19. The predicted octanol–water partition coefficient (Wildman–Crippen LogP) is 3.54. The summed E-state index contributed by atoms with van der Waals surface area (Å²) in [5.74, 6) is 1.99. The van der Waals surface area contributed by atoms with Crippen molar-refractivity contribution in [1.82, 2.24) is 19.8 Å². The van der Waals surface area contributed by atoms with Crippen LogP contribution in [0.5, 0.6) is 0 Å². The summed E-state index contributed by atoms with van der Waals surface area (Å²) in [6.07, 6.45) is 4.95. The molecule has 1 aliphatic carbocycles. The molecule has 7 heteroatoms. The molecule has 0 saturated carbocycles. The van der Waals surface area contributed by atoms with Crippen molar-refractivity contribution in [2.75, 3.05) is 51.3 Å². The molecule has 1 atom stereocenters. The number of anilines is 1. The first-order valence-corrected chi connectivity index (χ1v) is 12.1. The fraction of sp³-hybridized carbons (Fsp3) is 0.727. The van der Waals surface area contributed by atoms with Crippen LogP contribution in [0, 0.1) is 0 Å². The highest BCUT2D eigenvalue weighted by atomic mass is 32.1. The number of nitrogens with zero attached hydrogens (tertiary/aromatic N) is 4. The number of morpholine rings is 1. The van der Waals surface area contributed by atoms with Crippen molar-refractivity contribution in [3.8, 4) is 0 Å². The largest absolute Gasteiger partial charge is 0.379 e. The SMILES string of the molecule is CCN(CC)C(C)CNc1nc(CN2CCOCC2)nc2sc3c(c12)CCCC3. The van der Waals surface area contributed by atoms with Gasteiger partial charge in [0.2, 0.25) is 0 Å². The summed E-state index contributed by atoms with van der Waals surface area (Å²) in [6.45, 7) is 14.2. The van der Waals surface area contributed by atoms with Crippen LogP contribution in [0.15, 0.2) is 0 Å². The number of hydrogen-bond donors (Lipinski definition) is 1. The van der Waals surface area contributed by atoms with E-state index in [9.17, 15) is 0 Å². The van der Waals surface area contributed by atoms with Crippen LogP contribution < -0.4 is 5.32 Å². The Kier molecular flexibility index (Phi) is 7.00. The molecule has 2 aliphatic rings. The monoisotopic (exact) mass is 417 g/mol. The van der Waals surface area contributed by atoms with Gasteiger partial charge in [0.1, 0.15) is 16.5 Å². The number of fused-ring (bicyclic) bond motifs is 3. The van der Waals surface area contributed by atoms with E-state index < -0.39 is 0 Å². The number of hydrogen-bond acceptors (Lipinski definition) is 7. The molecule has 0 bridgehead atoms. The van der Waals surface area contributed by atoms with E-state index in [1.165, 1.54) is 46.3 Å². The number of aryl methyl sites for hydroxylation is 2. The smallest absolute Gasteiger partial charge is 0.146 e. The number of likely N-dealkylation sites (N-methyl/N-ethyl adjacent to an activating group) is 1. The molecular formula is C22H35N5OS. The zero-order valence-electron chi connectivity index (χ0n) is 18.2. The van der Waals surface area contributed by atoms with Crippen molar-refractivity contribution in [3.63, 3.8) is 0 Å². The number of ether oxygens (including phenoxy) is 1. The average molecular weight is 418 g/mol. The molecule has 3 heterocycles. The van der Waals surface area contributed by atoms with Gasteiger partial charge in [0.25, 0.3) is 0 Å². The maximum absolute atomic E-state index is 5.50. The lowest BCUT2D eigenvalue weighted by atomic mass is 9.97. The molecule has 1 aliphatic heterocycles. The molecule has 1 N–H and O–H groups in total. The molecule has 2 aromatic rings. The minimum atomic E-state index is 0.479. The van der Waals surface area contributed by atoms with E-state index in [0.29, 0.717) is 6.04 Å². The van der Waals surface area contributed by atoms with Crippen molar-refractivity contribution in [1.29, 1.82) is 0 Å².